The Kier molecular flexibility index (Phi) is 10.2. The number of ether oxygens (including phenoxy) is 6. The summed E-state index contributed by atoms with van der Waals surface area (Å²) >= 11 is 0. The van der Waals surface area contributed by atoms with Gasteiger partial charge < -0.3 is 33.3 Å². The fraction of sp³-hybridized carbons (Fsp3) is 0.519. The summed E-state index contributed by atoms with van der Waals surface area (Å²) in [7, 11) is 3.89. The van der Waals surface area contributed by atoms with Gasteiger partial charge in [-0.25, -0.2) is 9.37 Å². The van der Waals surface area contributed by atoms with Crippen LogP contribution in [0.2, 0.25) is 0 Å². The van der Waals surface area contributed by atoms with Crippen LogP contribution in [0.4, 0.5) is 10.2 Å². The third kappa shape index (κ3) is 6.05. The molecule has 0 saturated carbocycles. The van der Waals surface area contributed by atoms with Crippen molar-refractivity contribution in [2.24, 2.45) is 0 Å². The highest BCUT2D eigenvalue weighted by atomic mass is 19.1. The van der Waals surface area contributed by atoms with Gasteiger partial charge in [-0.3, -0.25) is 4.40 Å². The fourth-order valence-electron chi connectivity index (χ4n) is 4.07. The third-order valence-corrected chi connectivity index (χ3v) is 5.38. The van der Waals surface area contributed by atoms with Gasteiger partial charge in [0.2, 0.25) is 0 Å². The topological polar surface area (TPSA) is 75.9 Å². The number of fused-ring (bicyclic) bond motifs is 1. The Hall–Kier alpha value is -2.76. The summed E-state index contributed by atoms with van der Waals surface area (Å²) in [5.41, 5.74) is 2.60. The van der Waals surface area contributed by atoms with E-state index in [-0.39, 0.29) is 33.0 Å². The predicted molar refractivity (Wildman–Crippen MR) is 139 cm³/mol. The largest absolute Gasteiger partial charge is 0.431 e. The minimum Gasteiger partial charge on any atom is -0.431 e. The number of benzene rings is 1. The molecule has 1 aromatic carbocycles. The average molecular weight is 520 g/mol. The first-order chi connectivity index (χ1) is 17.9. The molecule has 0 bridgehead atoms. The number of halogens is 1. The fourth-order valence-corrected chi connectivity index (χ4v) is 4.07. The SMILES string of the molecule is CCOC(OCC)(OCCF)C(OCC)(OCC)Oc1ccc2nc(N(C)C)c(-c3ccccc3)n2c1. The van der Waals surface area contributed by atoms with Crippen LogP contribution < -0.4 is 9.64 Å². The van der Waals surface area contributed by atoms with Crippen LogP contribution >= 0.6 is 0 Å². The number of hydrogen-bond acceptors (Lipinski definition) is 8. The summed E-state index contributed by atoms with van der Waals surface area (Å²) in [4.78, 5) is 6.76. The van der Waals surface area contributed by atoms with Crippen LogP contribution in [0.5, 0.6) is 5.75 Å². The van der Waals surface area contributed by atoms with Crippen molar-refractivity contribution in [1.82, 2.24) is 9.38 Å². The lowest BCUT2D eigenvalue weighted by molar-refractivity contribution is -0.543. The number of aromatic nitrogens is 2. The van der Waals surface area contributed by atoms with Crippen molar-refractivity contribution in [3.63, 3.8) is 0 Å². The molecular formula is C27H38FN3O6. The van der Waals surface area contributed by atoms with Gasteiger partial charge in [-0.1, -0.05) is 30.3 Å². The molecule has 204 valence electrons. The second-order valence-corrected chi connectivity index (χ2v) is 8.12. The molecule has 0 saturated heterocycles. The van der Waals surface area contributed by atoms with Crippen LogP contribution in [0.1, 0.15) is 27.7 Å². The Morgan fingerprint density at radius 2 is 1.41 bits per heavy atom. The van der Waals surface area contributed by atoms with Crippen LogP contribution in [0.25, 0.3) is 16.9 Å². The number of imidazole rings is 1. The van der Waals surface area contributed by atoms with Crippen molar-refractivity contribution in [3.8, 4) is 17.0 Å². The van der Waals surface area contributed by atoms with Gasteiger partial charge in [0.05, 0.1) is 31.7 Å². The molecule has 0 unspecified atom stereocenters. The Balaban J connectivity index is 2.19. The van der Waals surface area contributed by atoms with Crippen molar-refractivity contribution in [2.45, 2.75) is 39.6 Å². The molecule has 0 fully saturated rings. The van der Waals surface area contributed by atoms with Crippen molar-refractivity contribution in [3.05, 3.63) is 48.7 Å². The van der Waals surface area contributed by atoms with Crippen LogP contribution in [-0.4, -0.2) is 75.1 Å². The number of rotatable bonds is 16. The third-order valence-electron chi connectivity index (χ3n) is 5.38. The molecule has 0 aliphatic carbocycles. The number of nitrogens with zero attached hydrogens (tertiary/aromatic N) is 3. The van der Waals surface area contributed by atoms with Gasteiger partial charge in [0.1, 0.15) is 18.1 Å². The maximum absolute atomic E-state index is 13.3. The quantitative estimate of drug-likeness (QED) is 0.248. The van der Waals surface area contributed by atoms with Crippen molar-refractivity contribution in [1.29, 1.82) is 0 Å². The molecule has 10 heteroatoms. The van der Waals surface area contributed by atoms with E-state index in [2.05, 4.69) is 0 Å². The zero-order chi connectivity index (χ0) is 26.9. The lowest BCUT2D eigenvalue weighted by Gasteiger charge is -2.45. The van der Waals surface area contributed by atoms with E-state index in [1.165, 1.54) is 0 Å². The molecule has 0 radical (unpaired) electrons. The van der Waals surface area contributed by atoms with Crippen molar-refractivity contribution < 1.29 is 32.8 Å². The summed E-state index contributed by atoms with van der Waals surface area (Å²) in [6.07, 6.45) is 1.79. The van der Waals surface area contributed by atoms with Gasteiger partial charge in [0.15, 0.2) is 5.82 Å². The number of hydrogen-bond donors (Lipinski definition) is 0. The lowest BCUT2D eigenvalue weighted by Crippen LogP contribution is -2.66. The summed E-state index contributed by atoms with van der Waals surface area (Å²) in [5.74, 6) is -2.81. The smallest absolute Gasteiger partial charge is 0.414 e. The number of alkyl halides is 1. The van der Waals surface area contributed by atoms with Crippen LogP contribution in [-0.2, 0) is 23.7 Å². The number of pyridine rings is 1. The van der Waals surface area contributed by atoms with Gasteiger partial charge in [0.25, 0.3) is 0 Å². The zero-order valence-corrected chi connectivity index (χ0v) is 22.5. The van der Waals surface area contributed by atoms with E-state index in [1.54, 1.807) is 40.0 Å². The van der Waals surface area contributed by atoms with Crippen LogP contribution in [0, 0.1) is 0 Å². The highest BCUT2D eigenvalue weighted by molar-refractivity contribution is 5.77. The second-order valence-electron chi connectivity index (χ2n) is 8.12. The van der Waals surface area contributed by atoms with Gasteiger partial charge in [-0.2, -0.15) is 0 Å². The monoisotopic (exact) mass is 519 g/mol. The summed E-state index contributed by atoms with van der Waals surface area (Å²) < 4.78 is 51.3. The molecule has 2 aromatic heterocycles. The first-order valence-corrected chi connectivity index (χ1v) is 12.6. The average Bonchev–Trinajstić information content (AvgIpc) is 3.27. The zero-order valence-electron chi connectivity index (χ0n) is 22.5. The molecule has 0 atom stereocenters. The van der Waals surface area contributed by atoms with Crippen molar-refractivity contribution >= 4 is 11.5 Å². The summed E-state index contributed by atoms with van der Waals surface area (Å²) in [6.45, 7) is 6.72. The van der Waals surface area contributed by atoms with E-state index in [4.69, 9.17) is 33.4 Å². The molecule has 2 heterocycles. The van der Waals surface area contributed by atoms with E-state index in [0.717, 1.165) is 22.7 Å². The molecule has 0 aliphatic heterocycles. The maximum atomic E-state index is 13.3. The van der Waals surface area contributed by atoms with Crippen molar-refractivity contribution in [2.75, 3.05) is 58.7 Å². The van der Waals surface area contributed by atoms with Gasteiger partial charge in [0, 0.05) is 32.9 Å². The maximum Gasteiger partial charge on any atom is 0.414 e. The summed E-state index contributed by atoms with van der Waals surface area (Å²) in [5, 5.41) is 0. The molecule has 9 nitrogen and oxygen atoms in total. The predicted octanol–water partition coefficient (Wildman–Crippen LogP) is 4.89. The molecule has 37 heavy (non-hydrogen) atoms. The Labute approximate surface area is 218 Å². The van der Waals surface area contributed by atoms with Gasteiger partial charge in [-0.15, -0.1) is 0 Å². The van der Waals surface area contributed by atoms with E-state index in [9.17, 15) is 4.39 Å². The first kappa shape index (κ1) is 28.8. The lowest BCUT2D eigenvalue weighted by atomic mass is 10.1. The van der Waals surface area contributed by atoms with Crippen LogP contribution in [0.3, 0.4) is 0 Å². The highest BCUT2D eigenvalue weighted by Gasteiger charge is 2.62. The molecule has 0 amide bonds. The standard InChI is InChI=1S/C27H38FN3O6/c1-7-32-26(33-8-2,36-19-18-28)27(34-9-3,35-10-4)37-22-16-17-23-29-25(30(5)6)24(31(23)20-22)21-14-12-11-13-15-21/h11-17,20H,7-10,18-19H2,1-6H3. The van der Waals surface area contributed by atoms with E-state index < -0.39 is 18.6 Å². The molecule has 0 N–H and O–H groups in total. The van der Waals surface area contributed by atoms with E-state index in [1.807, 2.05) is 59.8 Å². The minimum absolute atomic E-state index is 0.169. The van der Waals surface area contributed by atoms with Crippen LogP contribution in [0.15, 0.2) is 48.7 Å². The first-order valence-electron chi connectivity index (χ1n) is 12.6. The Bertz CT molecular complexity index is 1100. The minimum atomic E-state index is -2.00. The van der Waals surface area contributed by atoms with Gasteiger partial charge in [-0.05, 0) is 39.8 Å². The number of anilines is 1. The Morgan fingerprint density at radius 1 is 0.811 bits per heavy atom. The molecule has 0 spiro atoms. The molecular weight excluding hydrogens is 481 g/mol. The molecule has 0 aliphatic rings. The van der Waals surface area contributed by atoms with Gasteiger partial charge >= 0.3 is 11.9 Å². The Morgan fingerprint density at radius 3 is 1.95 bits per heavy atom. The normalized spacial score (nSPS) is 12.3. The molecule has 3 rings (SSSR count). The van der Waals surface area contributed by atoms with E-state index >= 15 is 0 Å². The highest BCUT2D eigenvalue weighted by Crippen LogP contribution is 2.38. The second kappa shape index (κ2) is 13.2. The summed E-state index contributed by atoms with van der Waals surface area (Å²) in [6, 6.07) is 13.6. The van der Waals surface area contributed by atoms with E-state index in [0.29, 0.717) is 5.75 Å². The molecule has 3 aromatic rings.